The van der Waals surface area contributed by atoms with E-state index in [1.807, 2.05) is 45.0 Å². The molecular formula is C24H25FN4O3. The molecule has 0 atom stereocenters. The lowest BCUT2D eigenvalue weighted by atomic mass is 9.97. The van der Waals surface area contributed by atoms with Crippen molar-refractivity contribution in [1.29, 1.82) is 0 Å². The van der Waals surface area contributed by atoms with Crippen LogP contribution in [-0.2, 0) is 13.2 Å². The highest BCUT2D eigenvalue weighted by molar-refractivity contribution is 5.87. The van der Waals surface area contributed by atoms with Gasteiger partial charge in [-0.15, -0.1) is 5.10 Å². The van der Waals surface area contributed by atoms with Gasteiger partial charge in [-0.3, -0.25) is 13.9 Å². The highest BCUT2D eigenvalue weighted by Gasteiger charge is 2.20. The van der Waals surface area contributed by atoms with E-state index in [-0.39, 0.29) is 28.4 Å². The molecule has 0 unspecified atom stereocenters. The third-order valence-electron chi connectivity index (χ3n) is 5.74. The Balaban J connectivity index is 2.06. The predicted molar refractivity (Wildman–Crippen MR) is 121 cm³/mol. The van der Waals surface area contributed by atoms with E-state index in [4.69, 9.17) is 0 Å². The van der Waals surface area contributed by atoms with Gasteiger partial charge in [0.15, 0.2) is 5.82 Å². The zero-order valence-corrected chi connectivity index (χ0v) is 18.5. The number of hydrogen-bond donors (Lipinski definition) is 1. The number of aryl methyl sites for hydroxylation is 1. The fourth-order valence-electron chi connectivity index (χ4n) is 4.04. The number of aliphatic hydroxyl groups excluding tert-OH is 1. The van der Waals surface area contributed by atoms with Crippen LogP contribution in [0.1, 0.15) is 43.6 Å². The second kappa shape index (κ2) is 8.20. The van der Waals surface area contributed by atoms with Crippen molar-refractivity contribution in [3.05, 3.63) is 86.2 Å². The van der Waals surface area contributed by atoms with Gasteiger partial charge in [0.1, 0.15) is 18.1 Å². The molecule has 8 heteroatoms. The Morgan fingerprint density at radius 2 is 1.81 bits per heavy atom. The lowest BCUT2D eigenvalue weighted by molar-refractivity contribution is 0.264. The standard InChI is InChI=1S/C24H25FN4O3/c1-5-27-22(13-30)26-29(24(27)32)21-11-16-17(10-19(21)25)23(31)28(12-18(16)14(2)3)20-9-7-6-8-15(20)4/h6-12,14,30H,5,13H2,1-4H3. The molecule has 2 aromatic carbocycles. The minimum atomic E-state index is -0.737. The number of nitrogens with zero attached hydrogens (tertiary/aromatic N) is 4. The van der Waals surface area contributed by atoms with Gasteiger partial charge in [-0.25, -0.2) is 9.18 Å². The van der Waals surface area contributed by atoms with Crippen LogP contribution < -0.4 is 11.2 Å². The Morgan fingerprint density at radius 1 is 1.09 bits per heavy atom. The summed E-state index contributed by atoms with van der Waals surface area (Å²) in [5, 5.41) is 14.4. The number of hydrogen-bond acceptors (Lipinski definition) is 4. The lowest BCUT2D eigenvalue weighted by Crippen LogP contribution is -2.25. The van der Waals surface area contributed by atoms with Crippen LogP contribution in [0.3, 0.4) is 0 Å². The van der Waals surface area contributed by atoms with Crippen LogP contribution in [0.25, 0.3) is 22.1 Å². The molecule has 4 rings (SSSR count). The SMILES string of the molecule is CCn1c(CO)nn(-c2cc3c(C(C)C)cn(-c4ccccc4C)c(=O)c3cc2F)c1=O. The van der Waals surface area contributed by atoms with Crippen LogP contribution in [0, 0.1) is 12.7 Å². The Bertz CT molecular complexity index is 1450. The summed E-state index contributed by atoms with van der Waals surface area (Å²) in [6, 6.07) is 10.2. The molecule has 2 heterocycles. The normalized spacial score (nSPS) is 11.6. The van der Waals surface area contributed by atoms with Crippen LogP contribution in [0.2, 0.25) is 0 Å². The first-order valence-corrected chi connectivity index (χ1v) is 10.5. The Labute approximate surface area is 184 Å². The average Bonchev–Trinajstić information content (AvgIpc) is 3.09. The number of halogens is 1. The highest BCUT2D eigenvalue weighted by Crippen LogP contribution is 2.28. The molecular weight excluding hydrogens is 411 g/mol. The maximum absolute atomic E-state index is 15.2. The molecule has 1 N–H and O–H groups in total. The van der Waals surface area contributed by atoms with E-state index in [0.29, 0.717) is 11.9 Å². The van der Waals surface area contributed by atoms with Gasteiger partial charge in [0.2, 0.25) is 0 Å². The minimum Gasteiger partial charge on any atom is -0.388 e. The molecule has 4 aromatic rings. The topological polar surface area (TPSA) is 82.0 Å². The number of pyridine rings is 1. The molecule has 0 saturated heterocycles. The lowest BCUT2D eigenvalue weighted by Gasteiger charge is -2.17. The van der Waals surface area contributed by atoms with Gasteiger partial charge in [-0.2, -0.15) is 4.68 Å². The van der Waals surface area contributed by atoms with E-state index in [1.54, 1.807) is 17.7 Å². The maximum Gasteiger partial charge on any atom is 0.350 e. The quantitative estimate of drug-likeness (QED) is 0.520. The molecule has 0 aliphatic rings. The zero-order chi connectivity index (χ0) is 23.2. The van der Waals surface area contributed by atoms with Gasteiger partial charge in [-0.05, 0) is 54.5 Å². The number of aliphatic hydroxyl groups is 1. The van der Waals surface area contributed by atoms with Crippen LogP contribution in [0.4, 0.5) is 4.39 Å². The summed E-state index contributed by atoms with van der Waals surface area (Å²) in [7, 11) is 0. The molecule has 0 aliphatic heterocycles. The Hall–Kier alpha value is -3.52. The van der Waals surface area contributed by atoms with Gasteiger partial charge in [0.25, 0.3) is 5.56 Å². The predicted octanol–water partition coefficient (Wildman–Crippen LogP) is 3.42. The fraction of sp³-hybridized carbons (Fsp3) is 0.292. The van der Waals surface area contributed by atoms with Crippen molar-refractivity contribution >= 4 is 10.8 Å². The smallest absolute Gasteiger partial charge is 0.350 e. The monoisotopic (exact) mass is 436 g/mol. The van der Waals surface area contributed by atoms with Crippen LogP contribution in [0.15, 0.2) is 52.2 Å². The summed E-state index contributed by atoms with van der Waals surface area (Å²) in [6.45, 7) is 7.50. The van der Waals surface area contributed by atoms with Gasteiger partial charge in [-0.1, -0.05) is 32.0 Å². The molecule has 32 heavy (non-hydrogen) atoms. The summed E-state index contributed by atoms with van der Waals surface area (Å²) in [5.41, 5.74) is 1.56. The third kappa shape index (κ3) is 3.36. The molecule has 0 radical (unpaired) electrons. The van der Waals surface area contributed by atoms with Crippen molar-refractivity contribution in [3.8, 4) is 11.4 Å². The van der Waals surface area contributed by atoms with Crippen LogP contribution >= 0.6 is 0 Å². The van der Waals surface area contributed by atoms with Gasteiger partial charge < -0.3 is 5.11 Å². The number of benzene rings is 2. The van der Waals surface area contributed by atoms with E-state index >= 15 is 4.39 Å². The summed E-state index contributed by atoms with van der Waals surface area (Å²) >= 11 is 0. The molecule has 0 bridgehead atoms. The maximum atomic E-state index is 15.2. The van der Waals surface area contributed by atoms with E-state index in [9.17, 15) is 14.7 Å². The molecule has 0 fully saturated rings. The first-order chi connectivity index (χ1) is 15.3. The second-order valence-electron chi connectivity index (χ2n) is 8.06. The van der Waals surface area contributed by atoms with Crippen molar-refractivity contribution in [2.45, 2.75) is 46.8 Å². The number of aromatic nitrogens is 4. The van der Waals surface area contributed by atoms with Crippen molar-refractivity contribution in [1.82, 2.24) is 18.9 Å². The third-order valence-corrected chi connectivity index (χ3v) is 5.74. The molecule has 166 valence electrons. The van der Waals surface area contributed by atoms with Crippen molar-refractivity contribution in [2.24, 2.45) is 0 Å². The Morgan fingerprint density at radius 3 is 2.41 bits per heavy atom. The first kappa shape index (κ1) is 21.7. The van der Waals surface area contributed by atoms with E-state index in [1.165, 1.54) is 16.7 Å². The molecule has 7 nitrogen and oxygen atoms in total. The van der Waals surface area contributed by atoms with Gasteiger partial charge in [0.05, 0.1) is 11.1 Å². The fourth-order valence-corrected chi connectivity index (χ4v) is 4.04. The number of fused-ring (bicyclic) bond motifs is 1. The molecule has 0 amide bonds. The molecule has 2 aromatic heterocycles. The highest BCUT2D eigenvalue weighted by atomic mass is 19.1. The largest absolute Gasteiger partial charge is 0.388 e. The van der Waals surface area contributed by atoms with Gasteiger partial charge in [0, 0.05) is 12.7 Å². The number of para-hydroxylation sites is 1. The molecule has 0 saturated carbocycles. The van der Waals surface area contributed by atoms with Crippen molar-refractivity contribution in [2.75, 3.05) is 0 Å². The second-order valence-corrected chi connectivity index (χ2v) is 8.06. The van der Waals surface area contributed by atoms with E-state index < -0.39 is 18.1 Å². The van der Waals surface area contributed by atoms with Crippen LogP contribution in [0.5, 0.6) is 0 Å². The summed E-state index contributed by atoms with van der Waals surface area (Å²) in [6.07, 6.45) is 1.78. The van der Waals surface area contributed by atoms with Crippen molar-refractivity contribution < 1.29 is 9.50 Å². The first-order valence-electron chi connectivity index (χ1n) is 10.5. The summed E-state index contributed by atoms with van der Waals surface area (Å²) in [4.78, 5) is 26.1. The summed E-state index contributed by atoms with van der Waals surface area (Å²) < 4.78 is 19.0. The molecule has 0 spiro atoms. The Kier molecular flexibility index (Phi) is 5.56. The van der Waals surface area contributed by atoms with Crippen LogP contribution in [-0.4, -0.2) is 24.0 Å². The van der Waals surface area contributed by atoms with Crippen molar-refractivity contribution in [3.63, 3.8) is 0 Å². The number of rotatable bonds is 5. The van der Waals surface area contributed by atoms with E-state index in [2.05, 4.69) is 5.10 Å². The average molecular weight is 436 g/mol. The van der Waals surface area contributed by atoms with E-state index in [0.717, 1.165) is 21.5 Å². The minimum absolute atomic E-state index is 0.0320. The zero-order valence-electron chi connectivity index (χ0n) is 18.5. The van der Waals surface area contributed by atoms with Gasteiger partial charge >= 0.3 is 5.69 Å². The summed E-state index contributed by atoms with van der Waals surface area (Å²) in [5.74, 6) is -0.556. The molecule has 0 aliphatic carbocycles.